The Balaban J connectivity index is 1.58. The first kappa shape index (κ1) is 24.6. The van der Waals surface area contributed by atoms with Crippen molar-refractivity contribution in [3.8, 4) is 0 Å². The van der Waals surface area contributed by atoms with Gasteiger partial charge in [-0.15, -0.1) is 0 Å². The lowest BCUT2D eigenvalue weighted by Crippen LogP contribution is -2.36. The zero-order chi connectivity index (χ0) is 23.8. The van der Waals surface area contributed by atoms with E-state index in [4.69, 9.17) is 11.6 Å². The number of nitrogens with one attached hydrogen (secondary N) is 4. The molecule has 0 aliphatic heterocycles. The third kappa shape index (κ3) is 7.22. The molecular formula is C25H31ClN4O3. The van der Waals surface area contributed by atoms with E-state index in [1.54, 1.807) is 31.2 Å². The summed E-state index contributed by atoms with van der Waals surface area (Å²) < 4.78 is 0. The summed E-state index contributed by atoms with van der Waals surface area (Å²) in [5.41, 5.74) is 3.21. The maximum Gasteiger partial charge on any atom is 0.253 e. The first-order chi connectivity index (χ1) is 15.9. The highest BCUT2D eigenvalue weighted by atomic mass is 35.5. The number of carbonyl (C=O) groups is 3. The van der Waals surface area contributed by atoms with Gasteiger partial charge in [-0.2, -0.15) is 0 Å². The highest BCUT2D eigenvalue weighted by Crippen LogP contribution is 2.23. The highest BCUT2D eigenvalue weighted by Gasteiger charge is 2.19. The van der Waals surface area contributed by atoms with E-state index in [2.05, 4.69) is 21.3 Å². The number of amides is 3. The van der Waals surface area contributed by atoms with Gasteiger partial charge in [0.25, 0.3) is 5.91 Å². The van der Waals surface area contributed by atoms with E-state index < -0.39 is 0 Å². The van der Waals surface area contributed by atoms with Crippen LogP contribution in [0.15, 0.2) is 36.4 Å². The lowest BCUT2D eigenvalue weighted by atomic mass is 9.95. The maximum absolute atomic E-state index is 12.7. The molecule has 0 aromatic heterocycles. The molecule has 0 radical (unpaired) electrons. The number of benzene rings is 2. The van der Waals surface area contributed by atoms with Crippen LogP contribution in [0.1, 0.15) is 61.4 Å². The van der Waals surface area contributed by atoms with Crippen LogP contribution in [-0.4, -0.2) is 30.3 Å². The predicted molar refractivity (Wildman–Crippen MR) is 133 cm³/mol. The molecule has 0 unspecified atom stereocenters. The second-order valence-corrected chi connectivity index (χ2v) is 8.74. The normalized spacial score (nSPS) is 13.8. The second-order valence-electron chi connectivity index (χ2n) is 8.34. The summed E-state index contributed by atoms with van der Waals surface area (Å²) in [7, 11) is 0. The van der Waals surface area contributed by atoms with Gasteiger partial charge in [0.15, 0.2) is 0 Å². The second kappa shape index (κ2) is 11.7. The third-order valence-corrected chi connectivity index (χ3v) is 6.05. The number of anilines is 3. The fourth-order valence-corrected chi connectivity index (χ4v) is 3.98. The highest BCUT2D eigenvalue weighted by molar-refractivity contribution is 6.34. The minimum Gasteiger partial charge on any atom is -0.376 e. The Morgan fingerprint density at radius 1 is 0.939 bits per heavy atom. The number of halogens is 1. The van der Waals surface area contributed by atoms with Crippen molar-refractivity contribution in [2.45, 2.75) is 58.4 Å². The van der Waals surface area contributed by atoms with E-state index in [1.807, 2.05) is 19.1 Å². The van der Waals surface area contributed by atoms with Gasteiger partial charge in [0, 0.05) is 29.5 Å². The summed E-state index contributed by atoms with van der Waals surface area (Å²) in [5.74, 6) is -0.558. The maximum atomic E-state index is 12.7. The van der Waals surface area contributed by atoms with Gasteiger partial charge in [0.2, 0.25) is 11.8 Å². The molecule has 4 N–H and O–H groups in total. The first-order valence-corrected chi connectivity index (χ1v) is 11.8. The Hall–Kier alpha value is -3.06. The van der Waals surface area contributed by atoms with Crippen molar-refractivity contribution in [2.24, 2.45) is 0 Å². The largest absolute Gasteiger partial charge is 0.376 e. The summed E-state index contributed by atoms with van der Waals surface area (Å²) in [6.07, 6.45) is 5.80. The summed E-state index contributed by atoms with van der Waals surface area (Å²) in [6.45, 7) is 3.72. The third-order valence-electron chi connectivity index (χ3n) is 5.72. The fourth-order valence-electron chi connectivity index (χ4n) is 3.78. The number of hydrogen-bond donors (Lipinski definition) is 4. The molecule has 0 atom stereocenters. The zero-order valence-electron chi connectivity index (χ0n) is 19.1. The van der Waals surface area contributed by atoms with Gasteiger partial charge in [-0.25, -0.2) is 0 Å². The lowest BCUT2D eigenvalue weighted by Gasteiger charge is -2.23. The molecule has 1 fully saturated rings. The molecule has 2 aromatic rings. The topological polar surface area (TPSA) is 99.3 Å². The first-order valence-electron chi connectivity index (χ1n) is 11.4. The summed E-state index contributed by atoms with van der Waals surface area (Å²) >= 11 is 6.24. The molecule has 2 aromatic carbocycles. The van der Waals surface area contributed by atoms with E-state index in [0.717, 1.165) is 31.2 Å². The van der Waals surface area contributed by atoms with Crippen molar-refractivity contribution in [3.63, 3.8) is 0 Å². The Morgan fingerprint density at radius 3 is 2.39 bits per heavy atom. The van der Waals surface area contributed by atoms with Crippen LogP contribution in [0.3, 0.4) is 0 Å². The Kier molecular flexibility index (Phi) is 8.72. The minimum atomic E-state index is -0.268. The van der Waals surface area contributed by atoms with E-state index in [1.165, 1.54) is 6.42 Å². The molecule has 0 bridgehead atoms. The smallest absolute Gasteiger partial charge is 0.253 e. The Morgan fingerprint density at radius 2 is 1.67 bits per heavy atom. The number of hydrogen-bond acceptors (Lipinski definition) is 4. The van der Waals surface area contributed by atoms with Gasteiger partial charge >= 0.3 is 0 Å². The predicted octanol–water partition coefficient (Wildman–Crippen LogP) is 5.11. The van der Waals surface area contributed by atoms with Crippen molar-refractivity contribution in [2.75, 3.05) is 22.5 Å². The van der Waals surface area contributed by atoms with Crippen LogP contribution >= 0.6 is 11.6 Å². The summed E-state index contributed by atoms with van der Waals surface area (Å²) in [6, 6.07) is 10.6. The SMILES string of the molecule is CCC(=O)Nc1cc(NCC(=O)Nc2ccc(Cl)c(C(=O)NC3CCCCC3)c2)ccc1C. The van der Waals surface area contributed by atoms with Gasteiger partial charge < -0.3 is 21.3 Å². The summed E-state index contributed by atoms with van der Waals surface area (Å²) in [4.78, 5) is 36.8. The van der Waals surface area contributed by atoms with Gasteiger partial charge in [0.05, 0.1) is 17.1 Å². The fraction of sp³-hybridized carbons (Fsp3) is 0.400. The Labute approximate surface area is 199 Å². The molecule has 1 saturated carbocycles. The van der Waals surface area contributed by atoms with Crippen molar-refractivity contribution in [1.29, 1.82) is 0 Å². The van der Waals surface area contributed by atoms with Crippen LogP contribution in [0.2, 0.25) is 5.02 Å². The van der Waals surface area contributed by atoms with Gasteiger partial charge in [-0.3, -0.25) is 14.4 Å². The van der Waals surface area contributed by atoms with Crippen molar-refractivity contribution >= 4 is 46.4 Å². The Bertz CT molecular complexity index is 1020. The van der Waals surface area contributed by atoms with Gasteiger partial charge in [0.1, 0.15) is 0 Å². The van der Waals surface area contributed by atoms with E-state index in [9.17, 15) is 14.4 Å². The van der Waals surface area contributed by atoms with Crippen LogP contribution < -0.4 is 21.3 Å². The summed E-state index contributed by atoms with van der Waals surface area (Å²) in [5, 5.41) is 12.1. The zero-order valence-corrected chi connectivity index (χ0v) is 19.8. The van der Waals surface area contributed by atoms with Crippen LogP contribution in [0.4, 0.5) is 17.1 Å². The number of aryl methyl sites for hydroxylation is 1. The molecule has 33 heavy (non-hydrogen) atoms. The molecule has 1 aliphatic rings. The molecule has 0 saturated heterocycles. The minimum absolute atomic E-state index is 0.0243. The number of carbonyl (C=O) groups excluding carboxylic acids is 3. The van der Waals surface area contributed by atoms with E-state index in [0.29, 0.717) is 34.1 Å². The van der Waals surface area contributed by atoms with Gasteiger partial charge in [-0.1, -0.05) is 43.9 Å². The molecule has 176 valence electrons. The molecule has 0 spiro atoms. The van der Waals surface area contributed by atoms with Crippen LogP contribution in [0, 0.1) is 6.92 Å². The van der Waals surface area contributed by atoms with Gasteiger partial charge in [-0.05, 0) is 55.7 Å². The van der Waals surface area contributed by atoms with Crippen LogP contribution in [0.25, 0.3) is 0 Å². The average Bonchev–Trinajstić information content (AvgIpc) is 2.81. The molecule has 7 nitrogen and oxygen atoms in total. The molecular weight excluding hydrogens is 440 g/mol. The monoisotopic (exact) mass is 470 g/mol. The molecule has 8 heteroatoms. The molecule has 3 amide bonds. The quantitative estimate of drug-likeness (QED) is 0.430. The molecule has 0 heterocycles. The number of rotatable bonds is 8. The van der Waals surface area contributed by atoms with Crippen molar-refractivity contribution < 1.29 is 14.4 Å². The van der Waals surface area contributed by atoms with Crippen molar-refractivity contribution in [3.05, 3.63) is 52.5 Å². The average molecular weight is 471 g/mol. The molecule has 1 aliphatic carbocycles. The molecule has 3 rings (SSSR count). The lowest BCUT2D eigenvalue weighted by molar-refractivity contribution is -0.116. The standard InChI is InChI=1S/C25H31ClN4O3/c1-3-23(31)30-22-14-18(10-9-16(22)2)27-15-24(32)28-19-11-12-21(26)20(13-19)25(33)29-17-7-5-4-6-8-17/h9-14,17,27H,3-8,15H2,1-2H3,(H,28,32)(H,29,33)(H,30,31). The van der Waals surface area contributed by atoms with Crippen LogP contribution in [0.5, 0.6) is 0 Å². The van der Waals surface area contributed by atoms with E-state index >= 15 is 0 Å². The van der Waals surface area contributed by atoms with Crippen molar-refractivity contribution in [1.82, 2.24) is 5.32 Å². The van der Waals surface area contributed by atoms with Crippen LogP contribution in [-0.2, 0) is 9.59 Å². The van der Waals surface area contributed by atoms with E-state index in [-0.39, 0.29) is 30.3 Å².